The van der Waals surface area contributed by atoms with Gasteiger partial charge in [0.05, 0.1) is 30.1 Å². The highest BCUT2D eigenvalue weighted by atomic mass is 19.1. The lowest BCUT2D eigenvalue weighted by atomic mass is 9.87. The van der Waals surface area contributed by atoms with Crippen molar-refractivity contribution in [3.05, 3.63) is 84.1 Å². The summed E-state index contributed by atoms with van der Waals surface area (Å²) >= 11 is 0. The smallest absolute Gasteiger partial charge is 0.230 e. The number of aromatic nitrogens is 3. The third kappa shape index (κ3) is 5.01. The maximum absolute atomic E-state index is 15.6. The molecule has 2 heterocycles. The lowest BCUT2D eigenvalue weighted by Crippen LogP contribution is -2.38. The molecular formula is C32H31FN4O2. The molecule has 0 unspecified atom stereocenters. The summed E-state index contributed by atoms with van der Waals surface area (Å²) in [5, 5.41) is 5.29. The van der Waals surface area contributed by atoms with E-state index in [9.17, 15) is 9.59 Å². The first-order valence-electron chi connectivity index (χ1n) is 13.5. The van der Waals surface area contributed by atoms with Crippen LogP contribution in [0.4, 0.5) is 10.1 Å². The van der Waals surface area contributed by atoms with Gasteiger partial charge in [-0.3, -0.25) is 19.3 Å². The summed E-state index contributed by atoms with van der Waals surface area (Å²) in [6.45, 7) is 1.60. The zero-order valence-electron chi connectivity index (χ0n) is 22.2. The van der Waals surface area contributed by atoms with E-state index >= 15 is 4.39 Å². The van der Waals surface area contributed by atoms with Crippen molar-refractivity contribution < 1.29 is 14.0 Å². The standard InChI is InChI=1S/C32H31FN4O2/c1-20(38)3-4-22-12-28(18-34-16-22)37(32(39)29-13-21-5-6-25(29)11-21)19-26-8-7-24(15-30(26)33)23-9-10-31-27(14-23)17-35-36(31)2/h3-4,7-10,12,14-18,21,25,29H,5-6,11,13,19H2,1-2H3/b4-3+/t21-,25+,29-/m1/s1. The van der Waals surface area contributed by atoms with E-state index in [2.05, 4.69) is 10.1 Å². The molecule has 39 heavy (non-hydrogen) atoms. The van der Waals surface area contributed by atoms with Crippen molar-refractivity contribution in [2.75, 3.05) is 4.90 Å². The van der Waals surface area contributed by atoms with E-state index in [0.29, 0.717) is 23.1 Å². The summed E-state index contributed by atoms with van der Waals surface area (Å²) in [5.41, 5.74) is 4.46. The number of hydrogen-bond donors (Lipinski definition) is 0. The highest BCUT2D eigenvalue weighted by Crippen LogP contribution is 2.49. The molecule has 3 atom stereocenters. The topological polar surface area (TPSA) is 68.1 Å². The summed E-state index contributed by atoms with van der Waals surface area (Å²) in [6.07, 6.45) is 12.5. The third-order valence-electron chi connectivity index (χ3n) is 8.35. The molecule has 2 bridgehead atoms. The molecule has 2 aromatic carbocycles. The lowest BCUT2D eigenvalue weighted by molar-refractivity contribution is -0.124. The van der Waals surface area contributed by atoms with Crippen LogP contribution in [0.5, 0.6) is 0 Å². The third-order valence-corrected chi connectivity index (χ3v) is 8.35. The first-order chi connectivity index (χ1) is 18.9. The Labute approximate surface area is 227 Å². The zero-order valence-corrected chi connectivity index (χ0v) is 22.2. The van der Waals surface area contributed by atoms with Gasteiger partial charge in [-0.15, -0.1) is 0 Å². The van der Waals surface area contributed by atoms with Gasteiger partial charge in [0.15, 0.2) is 5.78 Å². The molecule has 7 heteroatoms. The first kappa shape index (κ1) is 25.2. The zero-order chi connectivity index (χ0) is 27.1. The molecular weight excluding hydrogens is 491 g/mol. The second-order valence-electron chi connectivity index (χ2n) is 11.0. The Balaban J connectivity index is 1.32. The molecule has 4 aromatic rings. The Kier molecular flexibility index (Phi) is 6.59. The van der Waals surface area contributed by atoms with Crippen LogP contribution in [0.1, 0.15) is 43.7 Å². The lowest BCUT2D eigenvalue weighted by Gasteiger charge is -2.30. The van der Waals surface area contributed by atoms with Crippen LogP contribution in [0, 0.1) is 23.6 Å². The molecule has 2 aliphatic carbocycles. The molecule has 6 nitrogen and oxygen atoms in total. The normalized spacial score (nSPS) is 20.2. The second-order valence-corrected chi connectivity index (χ2v) is 11.0. The summed E-state index contributed by atoms with van der Waals surface area (Å²) in [4.78, 5) is 31.4. The fourth-order valence-electron chi connectivity index (χ4n) is 6.31. The fourth-order valence-corrected chi connectivity index (χ4v) is 6.31. The Morgan fingerprint density at radius 1 is 1.05 bits per heavy atom. The number of aryl methyl sites for hydroxylation is 1. The van der Waals surface area contributed by atoms with Crippen LogP contribution in [0.25, 0.3) is 28.1 Å². The molecule has 0 saturated heterocycles. The van der Waals surface area contributed by atoms with Gasteiger partial charge in [0.2, 0.25) is 5.91 Å². The van der Waals surface area contributed by atoms with Crippen LogP contribution in [0.2, 0.25) is 0 Å². The van der Waals surface area contributed by atoms with Gasteiger partial charge in [-0.1, -0.05) is 24.6 Å². The number of amides is 1. The fraction of sp³-hybridized carbons (Fsp3) is 0.312. The van der Waals surface area contributed by atoms with E-state index in [0.717, 1.165) is 46.9 Å². The number of rotatable bonds is 7. The minimum atomic E-state index is -0.356. The van der Waals surface area contributed by atoms with Gasteiger partial charge in [-0.25, -0.2) is 4.39 Å². The van der Waals surface area contributed by atoms with E-state index in [4.69, 9.17) is 0 Å². The first-order valence-corrected chi connectivity index (χ1v) is 13.5. The maximum Gasteiger partial charge on any atom is 0.230 e. The average molecular weight is 523 g/mol. The summed E-state index contributed by atoms with van der Waals surface area (Å²) in [7, 11) is 1.89. The summed E-state index contributed by atoms with van der Waals surface area (Å²) in [5.74, 6) is 0.566. The summed E-state index contributed by atoms with van der Waals surface area (Å²) < 4.78 is 17.4. The van der Waals surface area contributed by atoms with Crippen molar-refractivity contribution in [2.45, 2.75) is 39.2 Å². The van der Waals surface area contributed by atoms with Crippen LogP contribution < -0.4 is 4.90 Å². The molecule has 0 radical (unpaired) electrons. The number of benzene rings is 2. The van der Waals surface area contributed by atoms with Crippen molar-refractivity contribution in [1.29, 1.82) is 0 Å². The summed E-state index contributed by atoms with van der Waals surface area (Å²) in [6, 6.07) is 13.0. The number of pyridine rings is 1. The second kappa shape index (κ2) is 10.2. The van der Waals surface area contributed by atoms with E-state index in [1.54, 1.807) is 35.6 Å². The van der Waals surface area contributed by atoms with Crippen LogP contribution in [0.3, 0.4) is 0 Å². The molecule has 2 aromatic heterocycles. The van der Waals surface area contributed by atoms with Crippen molar-refractivity contribution in [3.8, 4) is 11.1 Å². The molecule has 2 saturated carbocycles. The van der Waals surface area contributed by atoms with Crippen molar-refractivity contribution in [3.63, 3.8) is 0 Å². The molecule has 0 N–H and O–H groups in total. The monoisotopic (exact) mass is 522 g/mol. The minimum Gasteiger partial charge on any atom is -0.306 e. The molecule has 6 rings (SSSR count). The largest absolute Gasteiger partial charge is 0.306 e. The van der Waals surface area contributed by atoms with Gasteiger partial charge in [0, 0.05) is 30.1 Å². The number of carbonyl (C=O) groups is 2. The number of hydrogen-bond acceptors (Lipinski definition) is 4. The van der Waals surface area contributed by atoms with E-state index < -0.39 is 0 Å². The van der Waals surface area contributed by atoms with Gasteiger partial charge >= 0.3 is 0 Å². The number of nitrogens with zero attached hydrogens (tertiary/aromatic N) is 4. The number of ketones is 1. The average Bonchev–Trinajstić information content (AvgIpc) is 3.67. The van der Waals surface area contributed by atoms with Gasteiger partial charge < -0.3 is 4.90 Å². The predicted molar refractivity (Wildman–Crippen MR) is 150 cm³/mol. The van der Waals surface area contributed by atoms with Crippen molar-refractivity contribution in [1.82, 2.24) is 14.8 Å². The van der Waals surface area contributed by atoms with Crippen LogP contribution >= 0.6 is 0 Å². The number of halogens is 1. The van der Waals surface area contributed by atoms with Crippen LogP contribution in [-0.4, -0.2) is 26.5 Å². The van der Waals surface area contributed by atoms with Gasteiger partial charge in [-0.2, -0.15) is 5.10 Å². The highest BCUT2D eigenvalue weighted by Gasteiger charge is 2.44. The van der Waals surface area contributed by atoms with Crippen LogP contribution in [-0.2, 0) is 23.2 Å². The minimum absolute atomic E-state index is 0.0298. The molecule has 2 fully saturated rings. The molecule has 198 valence electrons. The van der Waals surface area contributed by atoms with E-state index in [-0.39, 0.29) is 30.0 Å². The Morgan fingerprint density at radius 2 is 1.87 bits per heavy atom. The van der Waals surface area contributed by atoms with Gasteiger partial charge in [-0.05, 0) is 91.1 Å². The number of fused-ring (bicyclic) bond motifs is 3. The van der Waals surface area contributed by atoms with Crippen molar-refractivity contribution in [2.24, 2.45) is 24.8 Å². The van der Waals surface area contributed by atoms with E-state index in [1.807, 2.05) is 42.1 Å². The molecule has 2 aliphatic rings. The maximum atomic E-state index is 15.6. The van der Waals surface area contributed by atoms with Gasteiger partial charge in [0.25, 0.3) is 0 Å². The van der Waals surface area contributed by atoms with E-state index in [1.165, 1.54) is 25.5 Å². The Morgan fingerprint density at radius 3 is 2.62 bits per heavy atom. The number of allylic oxidation sites excluding steroid dienone is 1. The Bertz CT molecular complexity index is 1610. The number of anilines is 1. The molecule has 1 amide bonds. The SMILES string of the molecule is CC(=O)/C=C/c1cncc(N(Cc2ccc(-c3ccc4c(cnn4C)c3)cc2F)C(=O)[C@@H]2C[C@@H]3CC[C@H]2C3)c1. The molecule has 0 spiro atoms. The molecule has 0 aliphatic heterocycles. The van der Waals surface area contributed by atoms with Crippen molar-refractivity contribution >= 4 is 34.4 Å². The van der Waals surface area contributed by atoms with Gasteiger partial charge in [0.1, 0.15) is 5.82 Å². The van der Waals surface area contributed by atoms with Crippen LogP contribution in [0.15, 0.2) is 67.1 Å². The quantitative estimate of drug-likeness (QED) is 0.266. The highest BCUT2D eigenvalue weighted by molar-refractivity contribution is 5.96. The number of carbonyl (C=O) groups excluding carboxylic acids is 2. The predicted octanol–water partition coefficient (Wildman–Crippen LogP) is 6.35. The Hall–Kier alpha value is -4.13.